The molecule has 0 saturated heterocycles. The first-order valence-corrected chi connectivity index (χ1v) is 9.47. The number of amides is 1. The van der Waals surface area contributed by atoms with E-state index in [0.29, 0.717) is 12.3 Å². The normalized spacial score (nSPS) is 11.9. The first kappa shape index (κ1) is 22.7. The smallest absolute Gasteiger partial charge is 0.311 e. The van der Waals surface area contributed by atoms with Crippen LogP contribution in [0.15, 0.2) is 23.4 Å². The number of nitrogens with zero attached hydrogens (tertiary/aromatic N) is 1. The van der Waals surface area contributed by atoms with E-state index in [1.54, 1.807) is 6.92 Å². The second-order valence-corrected chi connectivity index (χ2v) is 6.99. The van der Waals surface area contributed by atoms with Gasteiger partial charge in [-0.15, -0.1) is 0 Å². The van der Waals surface area contributed by atoms with Crippen LogP contribution >= 0.6 is 0 Å². The fraction of sp³-hybridized carbons (Fsp3) is 0.571. The Kier molecular flexibility index (Phi) is 8.98. The summed E-state index contributed by atoms with van der Waals surface area (Å²) >= 11 is 0. The topological polar surface area (TPSA) is 77.0 Å². The third kappa shape index (κ3) is 7.41. The van der Waals surface area contributed by atoms with E-state index in [1.165, 1.54) is 0 Å². The molecule has 0 fully saturated rings. The number of rotatable bonds is 10. The van der Waals surface area contributed by atoms with E-state index in [-0.39, 0.29) is 30.3 Å². The van der Waals surface area contributed by atoms with Crippen LogP contribution in [-0.2, 0) is 19.2 Å². The van der Waals surface area contributed by atoms with Gasteiger partial charge in [0.25, 0.3) is 5.91 Å². The zero-order chi connectivity index (χ0) is 20.4. The van der Waals surface area contributed by atoms with Gasteiger partial charge in [-0.2, -0.15) is 0 Å². The Labute approximate surface area is 162 Å². The van der Waals surface area contributed by atoms with Crippen molar-refractivity contribution in [2.24, 2.45) is 10.6 Å². The first-order chi connectivity index (χ1) is 12.7. The van der Waals surface area contributed by atoms with Crippen molar-refractivity contribution < 1.29 is 19.2 Å². The van der Waals surface area contributed by atoms with Gasteiger partial charge in [0.05, 0.1) is 18.7 Å². The van der Waals surface area contributed by atoms with Crippen LogP contribution < -0.4 is 5.32 Å². The number of nitrogens with one attached hydrogen (secondary N) is 1. The summed E-state index contributed by atoms with van der Waals surface area (Å²) < 4.78 is 5.03. The van der Waals surface area contributed by atoms with E-state index in [2.05, 4.69) is 10.5 Å². The average Bonchev–Trinajstić information content (AvgIpc) is 2.59. The summed E-state index contributed by atoms with van der Waals surface area (Å²) in [6.45, 7) is 11.9. The summed E-state index contributed by atoms with van der Waals surface area (Å²) in [6, 6.07) is 5.83. The van der Waals surface area contributed by atoms with Gasteiger partial charge in [-0.25, -0.2) is 0 Å². The maximum absolute atomic E-state index is 12.1. The molecule has 0 saturated carbocycles. The van der Waals surface area contributed by atoms with Crippen molar-refractivity contribution >= 4 is 23.3 Å². The number of ether oxygens (including phenoxy) is 1. The summed E-state index contributed by atoms with van der Waals surface area (Å²) in [5.41, 5.74) is 3.19. The molecule has 0 aliphatic rings. The number of benzene rings is 1. The van der Waals surface area contributed by atoms with Gasteiger partial charge in [-0.05, 0) is 56.9 Å². The third-order valence-corrected chi connectivity index (χ3v) is 4.75. The summed E-state index contributed by atoms with van der Waals surface area (Å²) in [5.74, 6) is -0.637. The molecule has 150 valence electrons. The van der Waals surface area contributed by atoms with E-state index < -0.39 is 0 Å². The van der Waals surface area contributed by atoms with Gasteiger partial charge < -0.3 is 14.9 Å². The van der Waals surface area contributed by atoms with Crippen LogP contribution in [0.4, 0.5) is 5.69 Å². The Morgan fingerprint density at radius 3 is 2.19 bits per heavy atom. The SMILES string of the molecule is CCOC(=O)C/C(=N\OCC(=O)Nc1cc(C)cc(C)c1)C(C)(CC)CC. The van der Waals surface area contributed by atoms with Gasteiger partial charge in [-0.3, -0.25) is 9.59 Å². The van der Waals surface area contributed by atoms with Crippen LogP contribution in [0.3, 0.4) is 0 Å². The quantitative estimate of drug-likeness (QED) is 0.373. The molecule has 0 unspecified atom stereocenters. The van der Waals surface area contributed by atoms with E-state index in [0.717, 1.165) is 29.7 Å². The Morgan fingerprint density at radius 2 is 1.67 bits per heavy atom. The molecule has 0 heterocycles. The number of hydrogen-bond donors (Lipinski definition) is 1. The largest absolute Gasteiger partial charge is 0.466 e. The molecule has 0 aromatic heterocycles. The highest BCUT2D eigenvalue weighted by Gasteiger charge is 2.29. The van der Waals surface area contributed by atoms with Crippen molar-refractivity contribution in [3.05, 3.63) is 29.3 Å². The minimum Gasteiger partial charge on any atom is -0.466 e. The second kappa shape index (κ2) is 10.7. The fourth-order valence-corrected chi connectivity index (χ4v) is 2.78. The fourth-order valence-electron chi connectivity index (χ4n) is 2.78. The van der Waals surface area contributed by atoms with Gasteiger partial charge in [0.2, 0.25) is 0 Å². The van der Waals surface area contributed by atoms with E-state index >= 15 is 0 Å². The van der Waals surface area contributed by atoms with Crippen molar-refractivity contribution in [3.8, 4) is 0 Å². The van der Waals surface area contributed by atoms with Crippen LogP contribution in [0, 0.1) is 19.3 Å². The van der Waals surface area contributed by atoms with Crippen LogP contribution in [0.1, 0.15) is 58.1 Å². The van der Waals surface area contributed by atoms with Gasteiger partial charge in [0.1, 0.15) is 0 Å². The lowest BCUT2D eigenvalue weighted by Gasteiger charge is -2.27. The standard InChI is InChI=1S/C21H32N2O4/c1-7-21(6,8-2)18(13-20(25)26-9-3)23-27-14-19(24)22-17-11-15(4)10-16(5)12-17/h10-12H,7-9,13-14H2,1-6H3,(H,22,24)/b23-18+. The average molecular weight is 376 g/mol. The van der Waals surface area contributed by atoms with Crippen LogP contribution in [0.2, 0.25) is 0 Å². The van der Waals surface area contributed by atoms with Gasteiger partial charge >= 0.3 is 5.97 Å². The van der Waals surface area contributed by atoms with E-state index in [9.17, 15) is 9.59 Å². The summed E-state index contributed by atoms with van der Waals surface area (Å²) in [5, 5.41) is 6.93. The Hall–Kier alpha value is -2.37. The number of aryl methyl sites for hydroxylation is 2. The van der Waals surface area contributed by atoms with Gasteiger partial charge in [-0.1, -0.05) is 32.0 Å². The molecule has 0 bridgehead atoms. The van der Waals surface area contributed by atoms with Crippen molar-refractivity contribution in [2.75, 3.05) is 18.5 Å². The minimum atomic E-state index is -0.340. The molecule has 27 heavy (non-hydrogen) atoms. The maximum atomic E-state index is 12.1. The van der Waals surface area contributed by atoms with E-state index in [1.807, 2.05) is 52.8 Å². The molecule has 1 rings (SSSR count). The number of hydrogen-bond acceptors (Lipinski definition) is 5. The molecule has 1 aromatic rings. The third-order valence-electron chi connectivity index (χ3n) is 4.75. The van der Waals surface area contributed by atoms with Crippen molar-refractivity contribution in [3.63, 3.8) is 0 Å². The molecule has 6 heteroatoms. The zero-order valence-electron chi connectivity index (χ0n) is 17.3. The molecule has 0 aliphatic heterocycles. The molecule has 0 spiro atoms. The summed E-state index contributed by atoms with van der Waals surface area (Å²) in [7, 11) is 0. The molecule has 0 radical (unpaired) electrons. The van der Waals surface area contributed by atoms with Crippen molar-refractivity contribution in [1.82, 2.24) is 0 Å². The van der Waals surface area contributed by atoms with Crippen molar-refractivity contribution in [1.29, 1.82) is 0 Å². The number of carbonyl (C=O) groups is 2. The predicted molar refractivity (Wildman–Crippen MR) is 108 cm³/mol. The molecule has 6 nitrogen and oxygen atoms in total. The Morgan fingerprint density at radius 1 is 1.07 bits per heavy atom. The van der Waals surface area contributed by atoms with Crippen LogP contribution in [-0.4, -0.2) is 30.8 Å². The van der Waals surface area contributed by atoms with Crippen LogP contribution in [0.25, 0.3) is 0 Å². The summed E-state index contributed by atoms with van der Waals surface area (Å²) in [6.07, 6.45) is 1.67. The number of anilines is 1. The molecule has 0 aliphatic carbocycles. The Balaban J connectivity index is 2.77. The number of oxime groups is 1. The lowest BCUT2D eigenvalue weighted by molar-refractivity contribution is -0.141. The predicted octanol–water partition coefficient (Wildman–Crippen LogP) is 4.39. The second-order valence-electron chi connectivity index (χ2n) is 6.99. The maximum Gasteiger partial charge on any atom is 0.311 e. The zero-order valence-corrected chi connectivity index (χ0v) is 17.3. The highest BCUT2D eigenvalue weighted by Crippen LogP contribution is 2.29. The van der Waals surface area contributed by atoms with Crippen molar-refractivity contribution in [2.45, 2.75) is 60.8 Å². The lowest BCUT2D eigenvalue weighted by Crippen LogP contribution is -2.30. The molecule has 1 N–H and O–H groups in total. The van der Waals surface area contributed by atoms with E-state index in [4.69, 9.17) is 9.57 Å². The molecular weight excluding hydrogens is 344 g/mol. The number of carbonyl (C=O) groups excluding carboxylic acids is 2. The molecule has 1 amide bonds. The Bertz CT molecular complexity index is 659. The summed E-state index contributed by atoms with van der Waals surface area (Å²) in [4.78, 5) is 29.3. The lowest BCUT2D eigenvalue weighted by atomic mass is 9.78. The number of esters is 1. The van der Waals surface area contributed by atoms with Gasteiger partial charge in [0, 0.05) is 11.1 Å². The molecule has 0 atom stereocenters. The molecular formula is C21H32N2O4. The van der Waals surface area contributed by atoms with Gasteiger partial charge in [0.15, 0.2) is 6.61 Å². The first-order valence-electron chi connectivity index (χ1n) is 9.47. The highest BCUT2D eigenvalue weighted by molar-refractivity contribution is 6.02. The minimum absolute atomic E-state index is 0.0602. The molecule has 1 aromatic carbocycles. The monoisotopic (exact) mass is 376 g/mol. The van der Waals surface area contributed by atoms with Crippen LogP contribution in [0.5, 0.6) is 0 Å². The highest BCUT2D eigenvalue weighted by atomic mass is 16.6.